The Balaban J connectivity index is 1.95. The second-order valence-electron chi connectivity index (χ2n) is 5.75. The SMILES string of the molecule is CCOC(=O)c1c(C)nn2c1CB(C#N)C(C1CC1)C2. The highest BCUT2D eigenvalue weighted by atomic mass is 16.5. The van der Waals surface area contributed by atoms with Gasteiger partial charge in [0.15, 0.2) is 0 Å². The Bertz CT molecular complexity index is 586. The van der Waals surface area contributed by atoms with Crippen molar-refractivity contribution in [2.75, 3.05) is 6.61 Å². The van der Waals surface area contributed by atoms with E-state index in [0.29, 0.717) is 35.9 Å². The summed E-state index contributed by atoms with van der Waals surface area (Å²) >= 11 is 0. The van der Waals surface area contributed by atoms with Crippen LogP contribution in [-0.2, 0) is 17.6 Å². The molecule has 1 atom stereocenters. The Kier molecular flexibility index (Phi) is 3.29. The predicted octanol–water partition coefficient (Wildman–Crippen LogP) is 1.80. The second kappa shape index (κ2) is 4.97. The number of esters is 1. The highest BCUT2D eigenvalue weighted by molar-refractivity contribution is 6.68. The summed E-state index contributed by atoms with van der Waals surface area (Å²) in [5.74, 6) is 3.18. The van der Waals surface area contributed by atoms with Gasteiger partial charge in [0.25, 0.3) is 6.71 Å². The van der Waals surface area contributed by atoms with E-state index >= 15 is 0 Å². The van der Waals surface area contributed by atoms with Crippen molar-refractivity contribution in [2.45, 2.75) is 45.4 Å². The quantitative estimate of drug-likeness (QED) is 0.621. The zero-order valence-electron chi connectivity index (χ0n) is 11.9. The standard InChI is InChI=1S/C14H18BN3O2/c1-3-20-14(19)13-9(2)17-18-7-11(10-4-5-10)15(8-16)6-12(13)18/h10-11H,3-7H2,1-2H3. The van der Waals surface area contributed by atoms with Crippen molar-refractivity contribution in [3.63, 3.8) is 0 Å². The van der Waals surface area contributed by atoms with Crippen molar-refractivity contribution in [3.05, 3.63) is 17.0 Å². The molecular weight excluding hydrogens is 253 g/mol. The maximum atomic E-state index is 12.1. The van der Waals surface area contributed by atoms with Crippen LogP contribution in [0.15, 0.2) is 0 Å². The lowest BCUT2D eigenvalue weighted by molar-refractivity contribution is 0.0524. The molecule has 0 aromatic carbocycles. The second-order valence-corrected chi connectivity index (χ2v) is 5.75. The van der Waals surface area contributed by atoms with Gasteiger partial charge >= 0.3 is 5.97 Å². The molecule has 1 unspecified atom stereocenters. The zero-order valence-corrected chi connectivity index (χ0v) is 11.9. The number of ether oxygens (including phenoxy) is 1. The minimum Gasteiger partial charge on any atom is -0.462 e. The molecule has 0 N–H and O–H groups in total. The molecule has 6 heteroatoms. The third-order valence-corrected chi connectivity index (χ3v) is 4.42. The van der Waals surface area contributed by atoms with Gasteiger partial charge in [-0.1, -0.05) is 12.8 Å². The maximum absolute atomic E-state index is 12.1. The van der Waals surface area contributed by atoms with Gasteiger partial charge in [0, 0.05) is 18.2 Å². The van der Waals surface area contributed by atoms with E-state index in [0.717, 1.165) is 12.2 Å². The summed E-state index contributed by atoms with van der Waals surface area (Å²) in [6, 6.07) is 0. The lowest BCUT2D eigenvalue weighted by atomic mass is 9.37. The van der Waals surface area contributed by atoms with E-state index in [4.69, 9.17) is 4.74 Å². The van der Waals surface area contributed by atoms with Gasteiger partial charge in [-0.25, -0.2) is 10.1 Å². The summed E-state index contributed by atoms with van der Waals surface area (Å²) in [7, 11) is 0. The van der Waals surface area contributed by atoms with Crippen molar-refractivity contribution in [1.29, 1.82) is 5.26 Å². The third-order valence-electron chi connectivity index (χ3n) is 4.42. The molecule has 1 saturated carbocycles. The van der Waals surface area contributed by atoms with Gasteiger partial charge in [-0.15, -0.1) is 0 Å². The largest absolute Gasteiger partial charge is 0.462 e. The summed E-state index contributed by atoms with van der Waals surface area (Å²) in [6.07, 6.45) is 3.07. The molecule has 2 aliphatic rings. The molecular formula is C14H18BN3O2. The van der Waals surface area contributed by atoms with Crippen molar-refractivity contribution >= 4 is 12.7 Å². The molecule has 0 radical (unpaired) electrons. The summed E-state index contributed by atoms with van der Waals surface area (Å²) in [4.78, 5) is 12.1. The average Bonchev–Trinajstić information content (AvgIpc) is 3.20. The number of aryl methyl sites for hydroxylation is 1. The van der Waals surface area contributed by atoms with Gasteiger partial charge in [-0.3, -0.25) is 4.68 Å². The van der Waals surface area contributed by atoms with Crippen LogP contribution in [0.1, 0.15) is 41.5 Å². The number of nitriles is 1. The van der Waals surface area contributed by atoms with Crippen molar-refractivity contribution in [3.8, 4) is 5.97 Å². The molecule has 1 aromatic heterocycles. The fourth-order valence-corrected chi connectivity index (χ4v) is 3.29. The molecule has 0 saturated heterocycles. The minimum absolute atomic E-state index is 0.000670. The maximum Gasteiger partial charge on any atom is 0.341 e. The molecule has 3 rings (SSSR count). The Hall–Kier alpha value is -1.77. The van der Waals surface area contributed by atoms with Crippen LogP contribution in [0.3, 0.4) is 0 Å². The van der Waals surface area contributed by atoms with Crippen LogP contribution >= 0.6 is 0 Å². The fraction of sp³-hybridized carbons (Fsp3) is 0.643. The number of hydrogen-bond donors (Lipinski definition) is 0. The molecule has 5 nitrogen and oxygen atoms in total. The fourth-order valence-electron chi connectivity index (χ4n) is 3.29. The number of carbonyl (C=O) groups is 1. The molecule has 1 aliphatic carbocycles. The van der Waals surface area contributed by atoms with E-state index in [9.17, 15) is 10.1 Å². The molecule has 20 heavy (non-hydrogen) atoms. The predicted molar refractivity (Wildman–Crippen MR) is 74.5 cm³/mol. The van der Waals surface area contributed by atoms with E-state index in [1.54, 1.807) is 6.92 Å². The lowest BCUT2D eigenvalue weighted by Crippen LogP contribution is -2.35. The van der Waals surface area contributed by atoms with Crippen LogP contribution < -0.4 is 0 Å². The first-order chi connectivity index (χ1) is 9.65. The number of aromatic nitrogens is 2. The number of carbonyl (C=O) groups excluding carboxylic acids is 1. The third kappa shape index (κ3) is 2.11. The van der Waals surface area contributed by atoms with Crippen LogP contribution in [0, 0.1) is 24.1 Å². The van der Waals surface area contributed by atoms with Gasteiger partial charge in [0.05, 0.1) is 12.3 Å². The van der Waals surface area contributed by atoms with Crippen LogP contribution in [0.5, 0.6) is 0 Å². The molecule has 0 amide bonds. The smallest absolute Gasteiger partial charge is 0.341 e. The Morgan fingerprint density at radius 3 is 2.95 bits per heavy atom. The number of nitrogens with zero attached hydrogens (tertiary/aromatic N) is 3. The molecule has 1 aromatic rings. The Morgan fingerprint density at radius 2 is 2.35 bits per heavy atom. The molecule has 2 heterocycles. The molecule has 1 aliphatic heterocycles. The van der Waals surface area contributed by atoms with Crippen molar-refractivity contribution in [1.82, 2.24) is 9.78 Å². The van der Waals surface area contributed by atoms with E-state index in [-0.39, 0.29) is 12.7 Å². The first-order valence-corrected chi connectivity index (χ1v) is 7.28. The minimum atomic E-state index is -0.312. The van der Waals surface area contributed by atoms with E-state index < -0.39 is 0 Å². The monoisotopic (exact) mass is 271 g/mol. The summed E-state index contributed by atoms with van der Waals surface area (Å²) in [5, 5.41) is 13.9. The van der Waals surface area contributed by atoms with Crippen LogP contribution in [0.2, 0.25) is 5.82 Å². The highest BCUT2D eigenvalue weighted by Crippen LogP contribution is 2.45. The zero-order chi connectivity index (χ0) is 14.3. The van der Waals surface area contributed by atoms with E-state index in [1.165, 1.54) is 12.8 Å². The van der Waals surface area contributed by atoms with Gasteiger partial charge < -0.3 is 4.74 Å². The highest BCUT2D eigenvalue weighted by Gasteiger charge is 2.44. The van der Waals surface area contributed by atoms with Crippen molar-refractivity contribution in [2.24, 2.45) is 5.92 Å². The lowest BCUT2D eigenvalue weighted by Gasteiger charge is -2.26. The summed E-state index contributed by atoms with van der Waals surface area (Å²) < 4.78 is 7.04. The van der Waals surface area contributed by atoms with Crippen LogP contribution in [-0.4, -0.2) is 29.1 Å². The average molecular weight is 271 g/mol. The number of fused-ring (bicyclic) bond motifs is 1. The van der Waals surface area contributed by atoms with Gasteiger partial charge in [-0.05, 0) is 31.9 Å². The van der Waals surface area contributed by atoms with Crippen LogP contribution in [0.4, 0.5) is 0 Å². The van der Waals surface area contributed by atoms with Gasteiger partial charge in [0.2, 0.25) is 0 Å². The molecule has 1 fully saturated rings. The first-order valence-electron chi connectivity index (χ1n) is 7.28. The Labute approximate surface area is 119 Å². The van der Waals surface area contributed by atoms with Crippen molar-refractivity contribution < 1.29 is 9.53 Å². The van der Waals surface area contributed by atoms with Gasteiger partial charge in [0.1, 0.15) is 5.56 Å². The summed E-state index contributed by atoms with van der Waals surface area (Å²) in [6.45, 7) is 4.75. The van der Waals surface area contributed by atoms with E-state index in [1.807, 2.05) is 11.6 Å². The molecule has 0 spiro atoms. The first kappa shape index (κ1) is 13.2. The van der Waals surface area contributed by atoms with E-state index in [2.05, 4.69) is 11.1 Å². The topological polar surface area (TPSA) is 67.9 Å². The normalized spacial score (nSPS) is 21.2. The number of rotatable bonds is 3. The molecule has 104 valence electrons. The summed E-state index contributed by atoms with van der Waals surface area (Å²) in [5.41, 5.74) is 2.16. The van der Waals surface area contributed by atoms with Crippen LogP contribution in [0.25, 0.3) is 0 Å². The van der Waals surface area contributed by atoms with Gasteiger partial charge in [-0.2, -0.15) is 5.10 Å². The Morgan fingerprint density at radius 1 is 1.60 bits per heavy atom. The molecule has 0 bridgehead atoms. The number of hydrogen-bond acceptors (Lipinski definition) is 4.